The lowest BCUT2D eigenvalue weighted by Crippen LogP contribution is -2.17. The summed E-state index contributed by atoms with van der Waals surface area (Å²) < 4.78 is 0. The second-order valence-electron chi connectivity index (χ2n) is 7.05. The van der Waals surface area contributed by atoms with Crippen LogP contribution in [0.2, 0.25) is 0 Å². The highest BCUT2D eigenvalue weighted by Crippen LogP contribution is 2.27. The third-order valence-electron chi connectivity index (χ3n) is 4.07. The molecule has 2 aromatic heterocycles. The highest BCUT2D eigenvalue weighted by molar-refractivity contribution is 7.14. The lowest BCUT2D eigenvalue weighted by molar-refractivity contribution is 0.102. The van der Waals surface area contributed by atoms with E-state index in [-0.39, 0.29) is 11.3 Å². The molecular formula is C20H22N4OS. The Morgan fingerprint density at radius 3 is 2.46 bits per heavy atom. The maximum absolute atomic E-state index is 12.5. The Morgan fingerprint density at radius 2 is 1.85 bits per heavy atom. The molecule has 0 aliphatic rings. The first-order valence-corrected chi connectivity index (χ1v) is 9.24. The van der Waals surface area contributed by atoms with Crippen molar-refractivity contribution in [1.82, 2.24) is 9.97 Å². The predicted molar refractivity (Wildman–Crippen MR) is 108 cm³/mol. The number of rotatable bonds is 4. The smallest absolute Gasteiger partial charge is 0.274 e. The molecule has 0 atom stereocenters. The summed E-state index contributed by atoms with van der Waals surface area (Å²) in [6.45, 7) is 6.48. The molecule has 1 aromatic carbocycles. The number of aromatic nitrogens is 2. The molecule has 0 spiro atoms. The fourth-order valence-electron chi connectivity index (χ4n) is 2.48. The van der Waals surface area contributed by atoms with E-state index in [2.05, 4.69) is 36.1 Å². The van der Waals surface area contributed by atoms with E-state index in [9.17, 15) is 4.79 Å². The van der Waals surface area contributed by atoms with E-state index in [0.29, 0.717) is 11.5 Å². The molecule has 0 fully saturated rings. The van der Waals surface area contributed by atoms with Crippen LogP contribution in [0.4, 0.5) is 16.5 Å². The van der Waals surface area contributed by atoms with Crippen molar-refractivity contribution in [2.45, 2.75) is 26.2 Å². The van der Waals surface area contributed by atoms with Gasteiger partial charge in [-0.25, -0.2) is 9.97 Å². The molecule has 3 rings (SSSR count). The van der Waals surface area contributed by atoms with Gasteiger partial charge in [0.05, 0.1) is 5.00 Å². The van der Waals surface area contributed by atoms with E-state index in [0.717, 1.165) is 10.7 Å². The second-order valence-corrected chi connectivity index (χ2v) is 7.98. The van der Waals surface area contributed by atoms with Gasteiger partial charge in [0.25, 0.3) is 5.91 Å². The van der Waals surface area contributed by atoms with E-state index in [1.54, 1.807) is 17.4 Å². The molecule has 0 aliphatic heterocycles. The topological polar surface area (TPSA) is 58.1 Å². The average Bonchev–Trinajstić information content (AvgIpc) is 3.15. The minimum atomic E-state index is -0.253. The van der Waals surface area contributed by atoms with E-state index < -0.39 is 0 Å². The quantitative estimate of drug-likeness (QED) is 0.717. The van der Waals surface area contributed by atoms with Gasteiger partial charge in [0, 0.05) is 18.8 Å². The van der Waals surface area contributed by atoms with E-state index in [1.165, 1.54) is 11.9 Å². The SMILES string of the molecule is CN(c1cc(C(=O)Nc2ccc(C(C)(C)C)cc2)ncn1)c1cccs1. The zero-order chi connectivity index (χ0) is 18.7. The maximum Gasteiger partial charge on any atom is 0.274 e. The van der Waals surface area contributed by atoms with Crippen LogP contribution in [0.1, 0.15) is 36.8 Å². The lowest BCUT2D eigenvalue weighted by atomic mass is 9.87. The molecule has 0 unspecified atom stereocenters. The first-order valence-electron chi connectivity index (χ1n) is 8.36. The van der Waals surface area contributed by atoms with Crippen molar-refractivity contribution in [1.29, 1.82) is 0 Å². The van der Waals surface area contributed by atoms with Crippen molar-refractivity contribution in [2.24, 2.45) is 0 Å². The van der Waals surface area contributed by atoms with Crippen molar-refractivity contribution in [2.75, 3.05) is 17.3 Å². The normalized spacial score (nSPS) is 11.2. The van der Waals surface area contributed by atoms with Crippen LogP contribution in [0.25, 0.3) is 0 Å². The van der Waals surface area contributed by atoms with Crippen LogP contribution < -0.4 is 10.2 Å². The molecule has 3 aromatic rings. The number of nitrogens with one attached hydrogen (secondary N) is 1. The Balaban J connectivity index is 1.75. The Kier molecular flexibility index (Phi) is 5.04. The molecule has 0 radical (unpaired) electrons. The van der Waals surface area contributed by atoms with E-state index in [1.807, 2.05) is 53.7 Å². The van der Waals surface area contributed by atoms with Gasteiger partial charge in [-0.2, -0.15) is 0 Å². The molecule has 6 heteroatoms. The van der Waals surface area contributed by atoms with Crippen LogP contribution in [-0.2, 0) is 5.41 Å². The summed E-state index contributed by atoms with van der Waals surface area (Å²) in [7, 11) is 1.92. The number of benzene rings is 1. The van der Waals surface area contributed by atoms with Crippen molar-refractivity contribution in [3.05, 3.63) is 65.4 Å². The van der Waals surface area contributed by atoms with Crippen LogP contribution in [-0.4, -0.2) is 22.9 Å². The van der Waals surface area contributed by atoms with Crippen LogP contribution in [0.5, 0.6) is 0 Å². The first-order chi connectivity index (χ1) is 12.3. The van der Waals surface area contributed by atoms with E-state index >= 15 is 0 Å². The number of carbonyl (C=O) groups excluding carboxylic acids is 1. The van der Waals surface area contributed by atoms with Crippen molar-refractivity contribution in [3.63, 3.8) is 0 Å². The van der Waals surface area contributed by atoms with Gasteiger partial charge in [-0.15, -0.1) is 11.3 Å². The van der Waals surface area contributed by atoms with Gasteiger partial charge in [-0.3, -0.25) is 4.79 Å². The number of hydrogen-bond acceptors (Lipinski definition) is 5. The van der Waals surface area contributed by atoms with Gasteiger partial charge in [0.15, 0.2) is 0 Å². The molecule has 26 heavy (non-hydrogen) atoms. The highest BCUT2D eigenvalue weighted by Gasteiger charge is 2.15. The minimum Gasteiger partial charge on any atom is -0.321 e. The summed E-state index contributed by atoms with van der Waals surface area (Å²) >= 11 is 1.61. The Morgan fingerprint density at radius 1 is 1.12 bits per heavy atom. The summed E-state index contributed by atoms with van der Waals surface area (Å²) in [4.78, 5) is 22.8. The highest BCUT2D eigenvalue weighted by atomic mass is 32.1. The average molecular weight is 366 g/mol. The molecule has 0 saturated heterocycles. The van der Waals surface area contributed by atoms with Gasteiger partial charge in [-0.1, -0.05) is 32.9 Å². The molecule has 5 nitrogen and oxygen atoms in total. The number of nitrogens with zero attached hydrogens (tertiary/aromatic N) is 3. The maximum atomic E-state index is 12.5. The molecule has 134 valence electrons. The predicted octanol–water partition coefficient (Wildman–Crippen LogP) is 4.86. The summed E-state index contributed by atoms with van der Waals surface area (Å²) in [6, 6.07) is 13.6. The molecular weight excluding hydrogens is 344 g/mol. The zero-order valence-corrected chi connectivity index (χ0v) is 16.2. The monoisotopic (exact) mass is 366 g/mol. The third kappa shape index (κ3) is 4.08. The van der Waals surface area contributed by atoms with Gasteiger partial charge in [0.2, 0.25) is 0 Å². The van der Waals surface area contributed by atoms with Gasteiger partial charge >= 0.3 is 0 Å². The number of carbonyl (C=O) groups is 1. The molecule has 0 saturated carbocycles. The van der Waals surface area contributed by atoms with Crippen molar-refractivity contribution >= 4 is 33.8 Å². The van der Waals surface area contributed by atoms with E-state index in [4.69, 9.17) is 0 Å². The van der Waals surface area contributed by atoms with Crippen LogP contribution in [0.15, 0.2) is 54.2 Å². The van der Waals surface area contributed by atoms with Crippen LogP contribution in [0.3, 0.4) is 0 Å². The fourth-order valence-corrected chi connectivity index (χ4v) is 3.18. The van der Waals surface area contributed by atoms with Crippen LogP contribution >= 0.6 is 11.3 Å². The van der Waals surface area contributed by atoms with Crippen molar-refractivity contribution in [3.8, 4) is 0 Å². The Hall–Kier alpha value is -2.73. The molecule has 0 aliphatic carbocycles. The molecule has 1 N–H and O–H groups in total. The largest absolute Gasteiger partial charge is 0.321 e. The molecule has 0 bridgehead atoms. The summed E-state index contributed by atoms with van der Waals surface area (Å²) in [6.07, 6.45) is 1.41. The summed E-state index contributed by atoms with van der Waals surface area (Å²) in [5.74, 6) is 0.424. The van der Waals surface area contributed by atoms with Crippen molar-refractivity contribution < 1.29 is 4.79 Å². The van der Waals surface area contributed by atoms with Crippen LogP contribution in [0, 0.1) is 0 Å². The first kappa shape index (κ1) is 18.1. The minimum absolute atomic E-state index is 0.0798. The summed E-state index contributed by atoms with van der Waals surface area (Å²) in [5, 5.41) is 5.94. The molecule has 2 heterocycles. The summed E-state index contributed by atoms with van der Waals surface area (Å²) in [5.41, 5.74) is 2.38. The molecule has 1 amide bonds. The van der Waals surface area contributed by atoms with Gasteiger partial charge in [-0.05, 0) is 40.6 Å². The Labute approximate surface area is 157 Å². The van der Waals surface area contributed by atoms with Gasteiger partial charge in [0.1, 0.15) is 17.8 Å². The standard InChI is InChI=1S/C20H22N4OS/c1-20(2,3)14-7-9-15(10-8-14)23-19(25)16-12-17(22-13-21-16)24(4)18-6-5-11-26-18/h5-13H,1-4H3,(H,23,25). The number of amides is 1. The number of thiophene rings is 1. The Bertz CT molecular complexity index is 883. The van der Waals surface area contributed by atoms with Gasteiger partial charge < -0.3 is 10.2 Å². The second kappa shape index (κ2) is 7.25. The number of anilines is 3. The fraction of sp³-hybridized carbons (Fsp3) is 0.250. The zero-order valence-electron chi connectivity index (χ0n) is 15.4. The third-order valence-corrected chi connectivity index (χ3v) is 5.02. The number of hydrogen-bond donors (Lipinski definition) is 1. The lowest BCUT2D eigenvalue weighted by Gasteiger charge is -2.19.